The molecule has 0 fully saturated rings. The summed E-state index contributed by atoms with van der Waals surface area (Å²) in [7, 11) is 0. The molecule has 0 aromatic carbocycles. The first kappa shape index (κ1) is 8.02. The summed E-state index contributed by atoms with van der Waals surface area (Å²) in [5, 5.41) is 8.42. The summed E-state index contributed by atoms with van der Waals surface area (Å²) >= 11 is 5.46. The van der Waals surface area contributed by atoms with Crippen molar-refractivity contribution >= 4 is 22.6 Å². The van der Waals surface area contributed by atoms with E-state index < -0.39 is 5.82 Å². The zero-order valence-electron chi connectivity index (χ0n) is 6.31. The van der Waals surface area contributed by atoms with Gasteiger partial charge < -0.3 is 4.98 Å². The second-order valence-corrected chi connectivity index (χ2v) is 2.83. The third-order valence-corrected chi connectivity index (χ3v) is 1.95. The fourth-order valence-corrected chi connectivity index (χ4v) is 1.22. The summed E-state index contributed by atoms with van der Waals surface area (Å²) in [6.07, 6.45) is 1.47. The number of nitrogens with one attached hydrogen (secondary N) is 1. The molecule has 2 aromatic heterocycles. The molecule has 2 rings (SSSR count). The van der Waals surface area contributed by atoms with Crippen LogP contribution < -0.4 is 0 Å². The predicted octanol–water partition coefficient (Wildman–Crippen LogP) is 2.23. The second-order valence-electron chi connectivity index (χ2n) is 2.47. The van der Waals surface area contributed by atoms with Gasteiger partial charge in [0.15, 0.2) is 11.0 Å². The van der Waals surface area contributed by atoms with E-state index >= 15 is 0 Å². The molecule has 13 heavy (non-hydrogen) atoms. The molecule has 0 atom stereocenters. The molecule has 3 nitrogen and oxygen atoms in total. The maximum atomic E-state index is 12.9. The Kier molecular flexibility index (Phi) is 1.67. The van der Waals surface area contributed by atoms with Gasteiger partial charge in [-0.05, 0) is 0 Å². The van der Waals surface area contributed by atoms with Crippen molar-refractivity contribution in [3.8, 4) is 6.07 Å². The van der Waals surface area contributed by atoms with E-state index in [4.69, 9.17) is 16.9 Å². The Morgan fingerprint density at radius 1 is 1.62 bits per heavy atom. The van der Waals surface area contributed by atoms with E-state index in [1.165, 1.54) is 12.3 Å². The fraction of sp³-hybridized carbons (Fsp3) is 0. The molecule has 64 valence electrons. The molecular weight excluding hydrogens is 193 g/mol. The Hall–Kier alpha value is -1.60. The molecule has 2 aromatic rings. The third-order valence-electron chi connectivity index (χ3n) is 1.68. The lowest BCUT2D eigenvalue weighted by Gasteiger charge is -1.93. The minimum atomic E-state index is -0.597. The van der Waals surface area contributed by atoms with Gasteiger partial charge in [-0.3, -0.25) is 0 Å². The monoisotopic (exact) mass is 195 g/mol. The van der Waals surface area contributed by atoms with Crippen LogP contribution in [0.25, 0.3) is 11.0 Å². The van der Waals surface area contributed by atoms with Gasteiger partial charge in [-0.15, -0.1) is 0 Å². The molecular formula is C8H3ClFN3. The molecule has 2 heterocycles. The van der Waals surface area contributed by atoms with Gasteiger partial charge in [0.05, 0.1) is 11.1 Å². The lowest BCUT2D eigenvalue weighted by atomic mass is 10.3. The average Bonchev–Trinajstić information content (AvgIpc) is 2.48. The van der Waals surface area contributed by atoms with Gasteiger partial charge in [0.25, 0.3) is 0 Å². The SMILES string of the molecule is N#Cc1c[nH]c2cc(F)c(Cl)nc12. The highest BCUT2D eigenvalue weighted by Gasteiger charge is 2.08. The first-order valence-electron chi connectivity index (χ1n) is 3.45. The Morgan fingerprint density at radius 2 is 2.38 bits per heavy atom. The number of fused-ring (bicyclic) bond motifs is 1. The minimum absolute atomic E-state index is 0.219. The summed E-state index contributed by atoms with van der Waals surface area (Å²) in [5.41, 5.74) is 1.23. The van der Waals surface area contributed by atoms with E-state index in [9.17, 15) is 4.39 Å². The normalized spacial score (nSPS) is 10.2. The molecule has 0 amide bonds. The molecule has 0 radical (unpaired) electrons. The highest BCUT2D eigenvalue weighted by atomic mass is 35.5. The van der Waals surface area contributed by atoms with Crippen LogP contribution in [0.15, 0.2) is 12.3 Å². The predicted molar refractivity (Wildman–Crippen MR) is 45.8 cm³/mol. The molecule has 1 N–H and O–H groups in total. The molecule has 0 bridgehead atoms. The zero-order valence-corrected chi connectivity index (χ0v) is 7.06. The van der Waals surface area contributed by atoms with E-state index in [2.05, 4.69) is 9.97 Å². The van der Waals surface area contributed by atoms with Crippen LogP contribution in [-0.4, -0.2) is 9.97 Å². The third kappa shape index (κ3) is 1.14. The van der Waals surface area contributed by atoms with Gasteiger partial charge in [0.1, 0.15) is 11.6 Å². The molecule has 0 spiro atoms. The van der Waals surface area contributed by atoms with Crippen LogP contribution in [0.5, 0.6) is 0 Å². The van der Waals surface area contributed by atoms with Gasteiger partial charge in [-0.1, -0.05) is 11.6 Å². The standard InChI is InChI=1S/C8H3ClFN3/c9-8-5(10)1-6-7(13-8)4(2-11)3-12-6/h1,3,12H. The number of pyridine rings is 1. The molecule has 0 unspecified atom stereocenters. The largest absolute Gasteiger partial charge is 0.358 e. The van der Waals surface area contributed by atoms with E-state index in [0.717, 1.165) is 0 Å². The molecule has 0 saturated carbocycles. The number of H-pyrrole nitrogens is 1. The maximum Gasteiger partial charge on any atom is 0.165 e. The van der Waals surface area contributed by atoms with Crippen LogP contribution >= 0.6 is 11.6 Å². The van der Waals surface area contributed by atoms with Gasteiger partial charge in [0.2, 0.25) is 0 Å². The number of nitrogens with zero attached hydrogens (tertiary/aromatic N) is 2. The first-order valence-corrected chi connectivity index (χ1v) is 3.83. The van der Waals surface area contributed by atoms with Gasteiger partial charge in [-0.25, -0.2) is 9.37 Å². The number of hydrogen-bond donors (Lipinski definition) is 1. The van der Waals surface area contributed by atoms with Gasteiger partial charge in [-0.2, -0.15) is 5.26 Å². The highest BCUT2D eigenvalue weighted by Crippen LogP contribution is 2.20. The Balaban J connectivity index is 2.86. The lowest BCUT2D eigenvalue weighted by molar-refractivity contribution is 0.624. The van der Waals surface area contributed by atoms with Crippen molar-refractivity contribution in [3.63, 3.8) is 0 Å². The van der Waals surface area contributed by atoms with Gasteiger partial charge >= 0.3 is 0 Å². The Bertz CT molecular complexity index is 512. The quantitative estimate of drug-likeness (QED) is 0.656. The Morgan fingerprint density at radius 3 is 3.08 bits per heavy atom. The number of aromatic nitrogens is 2. The molecule has 5 heteroatoms. The molecule has 0 aliphatic carbocycles. The van der Waals surface area contributed by atoms with Crippen molar-refractivity contribution in [2.75, 3.05) is 0 Å². The summed E-state index contributed by atoms with van der Waals surface area (Å²) in [6, 6.07) is 3.14. The molecule has 0 saturated heterocycles. The van der Waals surface area contributed by atoms with E-state index in [1.54, 1.807) is 0 Å². The number of rotatable bonds is 0. The van der Waals surface area contributed by atoms with Crippen molar-refractivity contribution in [1.29, 1.82) is 5.26 Å². The summed E-state index contributed by atoms with van der Waals surface area (Å²) in [4.78, 5) is 6.47. The molecule has 0 aliphatic heterocycles. The Labute approximate surface area is 77.8 Å². The van der Waals surface area contributed by atoms with Crippen molar-refractivity contribution in [1.82, 2.24) is 9.97 Å². The van der Waals surface area contributed by atoms with Gasteiger partial charge in [0, 0.05) is 12.3 Å². The van der Waals surface area contributed by atoms with E-state index in [-0.39, 0.29) is 5.15 Å². The number of nitriles is 1. The van der Waals surface area contributed by atoms with Crippen LogP contribution in [0.2, 0.25) is 5.15 Å². The fourth-order valence-electron chi connectivity index (χ4n) is 1.09. The minimum Gasteiger partial charge on any atom is -0.358 e. The highest BCUT2D eigenvalue weighted by molar-refractivity contribution is 6.30. The lowest BCUT2D eigenvalue weighted by Crippen LogP contribution is -1.84. The maximum absolute atomic E-state index is 12.9. The first-order chi connectivity index (χ1) is 6.22. The van der Waals surface area contributed by atoms with Crippen molar-refractivity contribution in [2.24, 2.45) is 0 Å². The summed E-state index contributed by atoms with van der Waals surface area (Å²) < 4.78 is 12.9. The topological polar surface area (TPSA) is 52.5 Å². The second kappa shape index (κ2) is 2.71. The summed E-state index contributed by atoms with van der Waals surface area (Å²) in [6.45, 7) is 0. The van der Waals surface area contributed by atoms with Crippen LogP contribution in [-0.2, 0) is 0 Å². The smallest absolute Gasteiger partial charge is 0.165 e. The number of aromatic amines is 1. The van der Waals surface area contributed by atoms with Crippen molar-refractivity contribution < 1.29 is 4.39 Å². The van der Waals surface area contributed by atoms with Crippen LogP contribution in [0.1, 0.15) is 5.56 Å². The van der Waals surface area contributed by atoms with Crippen LogP contribution in [0.4, 0.5) is 4.39 Å². The van der Waals surface area contributed by atoms with Crippen molar-refractivity contribution in [3.05, 3.63) is 28.8 Å². The van der Waals surface area contributed by atoms with E-state index in [1.807, 2.05) is 6.07 Å². The van der Waals surface area contributed by atoms with Crippen LogP contribution in [0, 0.1) is 17.1 Å². The molecule has 0 aliphatic rings. The number of hydrogen-bond acceptors (Lipinski definition) is 2. The van der Waals surface area contributed by atoms with E-state index in [0.29, 0.717) is 16.6 Å². The van der Waals surface area contributed by atoms with Crippen molar-refractivity contribution in [2.45, 2.75) is 0 Å². The average molecular weight is 196 g/mol. The zero-order chi connectivity index (χ0) is 9.42. The number of halogens is 2. The van der Waals surface area contributed by atoms with Crippen LogP contribution in [0.3, 0.4) is 0 Å². The summed E-state index contributed by atoms with van der Waals surface area (Å²) in [5.74, 6) is -0.597.